The highest BCUT2D eigenvalue weighted by atomic mass is 32.2. The minimum atomic E-state index is -4.21. The zero-order valence-corrected chi connectivity index (χ0v) is 27.2. The third-order valence-corrected chi connectivity index (χ3v) is 7.44. The summed E-state index contributed by atoms with van der Waals surface area (Å²) in [6, 6.07) is -0.687. The second-order valence-corrected chi connectivity index (χ2v) is 14.2. The molecule has 0 aliphatic rings. The maximum Gasteiger partial charge on any atom is 0.266 e. The lowest BCUT2D eigenvalue weighted by molar-refractivity contribution is -0.133. The summed E-state index contributed by atoms with van der Waals surface area (Å²) in [6.07, 6.45) is 0.618. The highest BCUT2D eigenvalue weighted by molar-refractivity contribution is 7.86. The SMILES string of the molecule is CC(C)(CCN=[N+]=[N-])OCCC(C)(C)C(=O)NC(COCCC(=O)NCCS(=O)(=O)O)COCCC(=O)NCCS(=O)(=O)O. The molecule has 0 aliphatic carbocycles. The molecule has 18 nitrogen and oxygen atoms in total. The third kappa shape index (κ3) is 23.8. The summed E-state index contributed by atoms with van der Waals surface area (Å²) in [4.78, 5) is 39.5. The fourth-order valence-electron chi connectivity index (χ4n) is 3.24. The van der Waals surface area contributed by atoms with E-state index in [2.05, 4.69) is 26.0 Å². The van der Waals surface area contributed by atoms with Gasteiger partial charge >= 0.3 is 0 Å². The maximum atomic E-state index is 13.1. The first-order chi connectivity index (χ1) is 20.3. The Kier molecular flexibility index (Phi) is 19.3. The van der Waals surface area contributed by atoms with Crippen LogP contribution < -0.4 is 16.0 Å². The van der Waals surface area contributed by atoms with E-state index in [9.17, 15) is 31.2 Å². The van der Waals surface area contributed by atoms with Crippen molar-refractivity contribution in [2.75, 3.05) is 64.2 Å². The number of nitrogens with one attached hydrogen (secondary N) is 3. The number of hydrogen-bond acceptors (Lipinski definition) is 11. The maximum absolute atomic E-state index is 13.1. The van der Waals surface area contributed by atoms with Crippen molar-refractivity contribution in [1.29, 1.82) is 0 Å². The average molecular weight is 675 g/mol. The number of azide groups is 1. The number of rotatable bonds is 25. The Morgan fingerprint density at radius 2 is 1.32 bits per heavy atom. The molecule has 0 saturated carbocycles. The fourth-order valence-corrected chi connectivity index (χ4v) is 3.96. The topological polar surface area (TPSA) is 272 Å². The van der Waals surface area contributed by atoms with Crippen molar-refractivity contribution in [2.45, 2.75) is 65.0 Å². The van der Waals surface area contributed by atoms with Gasteiger partial charge in [-0.05, 0) is 32.2 Å². The normalized spacial score (nSPS) is 12.4. The van der Waals surface area contributed by atoms with Gasteiger partial charge in [0.1, 0.15) is 0 Å². The fraction of sp³-hybridized carbons (Fsp3) is 0.875. The van der Waals surface area contributed by atoms with E-state index in [-0.39, 0.29) is 71.4 Å². The van der Waals surface area contributed by atoms with Gasteiger partial charge in [0.2, 0.25) is 17.7 Å². The van der Waals surface area contributed by atoms with Gasteiger partial charge in [0.15, 0.2) is 0 Å². The molecule has 0 aromatic heterocycles. The summed E-state index contributed by atoms with van der Waals surface area (Å²) in [7, 11) is -8.42. The molecule has 0 radical (unpaired) electrons. The van der Waals surface area contributed by atoms with Gasteiger partial charge in [-0.25, -0.2) is 0 Å². The smallest absolute Gasteiger partial charge is 0.266 e. The van der Waals surface area contributed by atoms with Gasteiger partial charge in [-0.15, -0.1) is 0 Å². The second kappa shape index (κ2) is 20.5. The molecule has 0 fully saturated rings. The Bertz CT molecular complexity index is 1110. The Labute approximate surface area is 258 Å². The molecule has 0 spiro atoms. The molecule has 0 aromatic carbocycles. The van der Waals surface area contributed by atoms with Crippen molar-refractivity contribution >= 4 is 38.0 Å². The van der Waals surface area contributed by atoms with Crippen LogP contribution in [0.3, 0.4) is 0 Å². The average Bonchev–Trinajstić information content (AvgIpc) is 2.87. The lowest BCUT2D eigenvalue weighted by atomic mass is 9.88. The molecule has 5 N–H and O–H groups in total. The van der Waals surface area contributed by atoms with Crippen LogP contribution in [0, 0.1) is 5.41 Å². The lowest BCUT2D eigenvalue weighted by Crippen LogP contribution is -2.47. The Balaban J connectivity index is 4.94. The molecule has 20 heteroatoms. The lowest BCUT2D eigenvalue weighted by Gasteiger charge is -2.30. The van der Waals surface area contributed by atoms with Crippen LogP contribution in [0.4, 0.5) is 0 Å². The van der Waals surface area contributed by atoms with Gasteiger partial charge in [0.05, 0.1) is 49.6 Å². The van der Waals surface area contributed by atoms with Crippen molar-refractivity contribution in [3.05, 3.63) is 10.4 Å². The monoisotopic (exact) mass is 674 g/mol. The van der Waals surface area contributed by atoms with E-state index in [1.165, 1.54) is 0 Å². The highest BCUT2D eigenvalue weighted by Crippen LogP contribution is 2.23. The summed E-state index contributed by atoms with van der Waals surface area (Å²) < 4.78 is 77.3. The first kappa shape index (κ1) is 41.4. The van der Waals surface area contributed by atoms with Crippen LogP contribution in [-0.4, -0.2) is 119 Å². The second-order valence-electron chi connectivity index (χ2n) is 11.0. The van der Waals surface area contributed by atoms with E-state index in [1.54, 1.807) is 13.8 Å². The highest BCUT2D eigenvalue weighted by Gasteiger charge is 2.30. The summed E-state index contributed by atoms with van der Waals surface area (Å²) >= 11 is 0. The van der Waals surface area contributed by atoms with Crippen LogP contribution in [0.25, 0.3) is 10.4 Å². The van der Waals surface area contributed by atoms with Gasteiger partial charge in [-0.1, -0.05) is 19.0 Å². The van der Waals surface area contributed by atoms with E-state index in [4.69, 9.17) is 28.8 Å². The zero-order chi connectivity index (χ0) is 33.9. The number of ether oxygens (including phenoxy) is 3. The van der Waals surface area contributed by atoms with Crippen LogP contribution in [0.2, 0.25) is 0 Å². The quantitative estimate of drug-likeness (QED) is 0.0286. The van der Waals surface area contributed by atoms with Gasteiger partial charge in [0.25, 0.3) is 20.2 Å². The molecule has 0 atom stereocenters. The minimum Gasteiger partial charge on any atom is -0.379 e. The largest absolute Gasteiger partial charge is 0.379 e. The zero-order valence-electron chi connectivity index (χ0n) is 25.6. The van der Waals surface area contributed by atoms with Crippen LogP contribution in [0.5, 0.6) is 0 Å². The predicted octanol–water partition coefficient (Wildman–Crippen LogP) is 0.205. The molecule has 0 aromatic rings. The van der Waals surface area contributed by atoms with Gasteiger partial charge in [0, 0.05) is 49.4 Å². The summed E-state index contributed by atoms with van der Waals surface area (Å²) in [5, 5.41) is 11.0. The Morgan fingerprint density at radius 1 is 0.841 bits per heavy atom. The number of carbonyl (C=O) groups is 3. The van der Waals surface area contributed by atoms with Crippen molar-refractivity contribution in [3.63, 3.8) is 0 Å². The molecule has 0 bridgehead atoms. The molecule has 0 saturated heterocycles. The van der Waals surface area contributed by atoms with E-state index in [0.717, 1.165) is 0 Å². The molecule has 0 heterocycles. The predicted molar refractivity (Wildman–Crippen MR) is 159 cm³/mol. The van der Waals surface area contributed by atoms with Crippen LogP contribution >= 0.6 is 0 Å². The molecular weight excluding hydrogens is 628 g/mol. The first-order valence-corrected chi connectivity index (χ1v) is 17.0. The molecule has 3 amide bonds. The summed E-state index contributed by atoms with van der Waals surface area (Å²) in [6.45, 7) is 6.88. The van der Waals surface area contributed by atoms with Crippen molar-refractivity contribution < 1.29 is 54.5 Å². The number of carbonyl (C=O) groups excluding carboxylic acids is 3. The Hall–Kier alpha value is -2.58. The van der Waals surface area contributed by atoms with E-state index in [0.29, 0.717) is 12.8 Å². The summed E-state index contributed by atoms with van der Waals surface area (Å²) in [5.74, 6) is -2.60. The van der Waals surface area contributed by atoms with Gasteiger partial charge < -0.3 is 30.2 Å². The van der Waals surface area contributed by atoms with Crippen molar-refractivity contribution in [1.82, 2.24) is 16.0 Å². The van der Waals surface area contributed by atoms with E-state index in [1.807, 2.05) is 13.8 Å². The first-order valence-electron chi connectivity index (χ1n) is 13.8. The molecular formula is C24H46N6O12S2. The van der Waals surface area contributed by atoms with E-state index < -0.39 is 60.6 Å². The molecule has 256 valence electrons. The molecule has 0 rings (SSSR count). The van der Waals surface area contributed by atoms with Crippen LogP contribution in [0.15, 0.2) is 5.11 Å². The number of nitrogens with zero attached hydrogens (tertiary/aromatic N) is 3. The molecule has 0 aliphatic heterocycles. The third-order valence-electron chi connectivity index (χ3n) is 6.00. The van der Waals surface area contributed by atoms with E-state index >= 15 is 0 Å². The summed E-state index contributed by atoms with van der Waals surface area (Å²) in [5.41, 5.74) is 7.00. The van der Waals surface area contributed by atoms with Gasteiger partial charge in [-0.3, -0.25) is 23.5 Å². The molecule has 44 heavy (non-hydrogen) atoms. The number of amides is 3. The molecule has 0 unspecified atom stereocenters. The Morgan fingerprint density at radius 3 is 1.75 bits per heavy atom. The van der Waals surface area contributed by atoms with Crippen molar-refractivity contribution in [3.8, 4) is 0 Å². The van der Waals surface area contributed by atoms with Crippen molar-refractivity contribution in [2.24, 2.45) is 10.5 Å². The standard InChI is InChI=1S/C24H46N6O12S2/c1-23(2,8-14-42-24(3,4)7-9-28-30-25)22(33)29-19(17-40-12-5-20(31)26-10-15-43(34,35)36)18-41-13-6-21(32)27-11-16-44(37,38)39/h19H,5-18H2,1-4H3,(H,26,31)(H,27,32)(H,29,33)(H,34,35,36)(H,37,38,39). The van der Waals surface area contributed by atoms with Gasteiger partial charge in [-0.2, -0.15) is 16.8 Å². The van der Waals surface area contributed by atoms with Crippen LogP contribution in [0.1, 0.15) is 53.4 Å². The van der Waals surface area contributed by atoms with Crippen LogP contribution in [-0.2, 0) is 48.8 Å². The minimum absolute atomic E-state index is 0.0659. The number of hydrogen-bond donors (Lipinski definition) is 5.